The highest BCUT2D eigenvalue weighted by Crippen LogP contribution is 2.00. The van der Waals surface area contributed by atoms with Crippen LogP contribution >= 0.6 is 0 Å². The fourth-order valence-electron chi connectivity index (χ4n) is 0.473. The van der Waals surface area contributed by atoms with E-state index in [-0.39, 0.29) is 0 Å². The van der Waals surface area contributed by atoms with Gasteiger partial charge in [0.2, 0.25) is 0 Å². The average molecular weight is 207 g/mol. The summed E-state index contributed by atoms with van der Waals surface area (Å²) in [7, 11) is -3.98. The van der Waals surface area contributed by atoms with Crippen molar-refractivity contribution in [3.05, 3.63) is 12.7 Å². The van der Waals surface area contributed by atoms with Crippen LogP contribution in [-0.2, 0) is 19.3 Å². The van der Waals surface area contributed by atoms with E-state index in [1.54, 1.807) is 18.6 Å². The van der Waals surface area contributed by atoms with Crippen LogP contribution < -0.4 is 4.72 Å². The molecule has 0 aliphatic rings. The molecule has 0 heterocycles. The molecule has 6 heteroatoms. The molecular formula is C7H13NO4S. The molecule has 0 fully saturated rings. The zero-order chi connectivity index (χ0) is 10.5. The van der Waals surface area contributed by atoms with E-state index in [0.29, 0.717) is 6.42 Å². The van der Waals surface area contributed by atoms with E-state index >= 15 is 0 Å². The molecule has 0 aromatic rings. The first kappa shape index (κ1) is 12.1. The van der Waals surface area contributed by atoms with Gasteiger partial charge in [-0.2, -0.15) is 8.42 Å². The summed E-state index contributed by atoms with van der Waals surface area (Å²) in [6.07, 6.45) is 0.955. The zero-order valence-corrected chi connectivity index (χ0v) is 8.43. The Labute approximate surface area is 78.0 Å². The van der Waals surface area contributed by atoms with Crippen molar-refractivity contribution in [2.75, 3.05) is 0 Å². The van der Waals surface area contributed by atoms with Crippen molar-refractivity contribution < 1.29 is 17.4 Å². The van der Waals surface area contributed by atoms with Gasteiger partial charge in [0.05, 0.1) is 6.10 Å². The summed E-state index contributed by atoms with van der Waals surface area (Å²) in [5, 5.41) is 0. The smallest absolute Gasteiger partial charge is 0.269 e. The van der Waals surface area contributed by atoms with Crippen LogP contribution in [-0.4, -0.2) is 20.4 Å². The lowest BCUT2D eigenvalue weighted by Crippen LogP contribution is -2.32. The van der Waals surface area contributed by atoms with Crippen LogP contribution in [0.25, 0.3) is 0 Å². The largest absolute Gasteiger partial charge is 0.362 e. The number of hydrogen-bond acceptors (Lipinski definition) is 4. The third kappa shape index (κ3) is 5.37. The van der Waals surface area contributed by atoms with Crippen molar-refractivity contribution in [2.45, 2.75) is 26.4 Å². The maximum atomic E-state index is 11.0. The van der Waals surface area contributed by atoms with Crippen molar-refractivity contribution in [3.8, 4) is 0 Å². The first-order valence-corrected chi connectivity index (χ1v) is 5.19. The molecule has 0 aliphatic carbocycles. The van der Waals surface area contributed by atoms with Gasteiger partial charge >= 0.3 is 10.3 Å². The molecular weight excluding hydrogens is 194 g/mol. The Morgan fingerprint density at radius 1 is 1.69 bits per heavy atom. The third-order valence-electron chi connectivity index (χ3n) is 1.28. The van der Waals surface area contributed by atoms with E-state index in [2.05, 4.69) is 10.8 Å². The maximum Gasteiger partial charge on any atom is 0.362 e. The summed E-state index contributed by atoms with van der Waals surface area (Å²) in [5.41, 5.74) is 0. The zero-order valence-electron chi connectivity index (χ0n) is 7.61. The van der Waals surface area contributed by atoms with Crippen LogP contribution in [0.4, 0.5) is 0 Å². The van der Waals surface area contributed by atoms with Crippen LogP contribution in [0, 0.1) is 0 Å². The second-order valence-corrected chi connectivity index (χ2v) is 3.74. The summed E-state index contributed by atoms with van der Waals surface area (Å²) in [6, 6.07) is 0. The van der Waals surface area contributed by atoms with E-state index in [9.17, 15) is 13.2 Å². The third-order valence-corrected chi connectivity index (χ3v) is 2.31. The predicted molar refractivity (Wildman–Crippen MR) is 48.1 cm³/mol. The average Bonchev–Trinajstić information content (AvgIpc) is 2.02. The SMILES string of the molecule is C=CC(=O)NS(=O)(=O)OC(C)CC. The first-order valence-electron chi connectivity index (χ1n) is 3.78. The van der Waals surface area contributed by atoms with Gasteiger partial charge in [0, 0.05) is 0 Å². The molecule has 13 heavy (non-hydrogen) atoms. The molecule has 1 unspecified atom stereocenters. The van der Waals surface area contributed by atoms with Gasteiger partial charge in [0.1, 0.15) is 0 Å². The topological polar surface area (TPSA) is 72.5 Å². The highest BCUT2D eigenvalue weighted by molar-refractivity contribution is 7.85. The van der Waals surface area contributed by atoms with E-state index in [1.165, 1.54) is 0 Å². The molecule has 0 aromatic carbocycles. The Balaban J connectivity index is 4.25. The fraction of sp³-hybridized carbons (Fsp3) is 0.571. The van der Waals surface area contributed by atoms with Gasteiger partial charge in [-0.25, -0.2) is 4.72 Å². The molecule has 5 nitrogen and oxygen atoms in total. The molecule has 1 atom stereocenters. The van der Waals surface area contributed by atoms with E-state index in [1.807, 2.05) is 0 Å². The summed E-state index contributed by atoms with van der Waals surface area (Å²) in [6.45, 7) is 6.48. The lowest BCUT2D eigenvalue weighted by molar-refractivity contribution is -0.115. The number of carbonyl (C=O) groups excluding carboxylic acids is 1. The van der Waals surface area contributed by atoms with Crippen LogP contribution in [0.2, 0.25) is 0 Å². The Morgan fingerprint density at radius 3 is 2.62 bits per heavy atom. The molecule has 0 aromatic heterocycles. The highest BCUT2D eigenvalue weighted by Gasteiger charge is 2.16. The van der Waals surface area contributed by atoms with Gasteiger partial charge < -0.3 is 0 Å². The Hall–Kier alpha value is -0.880. The summed E-state index contributed by atoms with van der Waals surface area (Å²) < 4.78 is 28.2. The fourth-order valence-corrected chi connectivity index (χ4v) is 1.42. The number of carbonyl (C=O) groups is 1. The minimum Gasteiger partial charge on any atom is -0.269 e. The van der Waals surface area contributed by atoms with E-state index < -0.39 is 22.3 Å². The molecule has 1 N–H and O–H groups in total. The molecule has 0 spiro atoms. The Morgan fingerprint density at radius 2 is 2.23 bits per heavy atom. The molecule has 0 aliphatic heterocycles. The number of amides is 1. The first-order chi connectivity index (χ1) is 5.91. The molecule has 1 amide bonds. The van der Waals surface area contributed by atoms with Gasteiger partial charge in [0.15, 0.2) is 0 Å². The molecule has 0 saturated carbocycles. The lowest BCUT2D eigenvalue weighted by Gasteiger charge is -2.09. The van der Waals surface area contributed by atoms with Crippen molar-refractivity contribution >= 4 is 16.2 Å². The number of rotatable bonds is 5. The minimum absolute atomic E-state index is 0.449. The predicted octanol–water partition coefficient (Wildman–Crippen LogP) is 0.349. The Kier molecular flexibility index (Phi) is 4.64. The molecule has 0 bridgehead atoms. The van der Waals surface area contributed by atoms with Crippen molar-refractivity contribution in [1.29, 1.82) is 0 Å². The summed E-state index contributed by atoms with van der Waals surface area (Å²) in [5.74, 6) is -0.802. The van der Waals surface area contributed by atoms with E-state index in [4.69, 9.17) is 0 Å². The van der Waals surface area contributed by atoms with Gasteiger partial charge in [-0.15, -0.1) is 0 Å². The van der Waals surface area contributed by atoms with Crippen molar-refractivity contribution in [3.63, 3.8) is 0 Å². The maximum absolute atomic E-state index is 11.0. The number of nitrogens with one attached hydrogen (secondary N) is 1. The van der Waals surface area contributed by atoms with Crippen molar-refractivity contribution in [2.24, 2.45) is 0 Å². The molecule has 0 rings (SSSR count). The lowest BCUT2D eigenvalue weighted by atomic mass is 10.3. The van der Waals surface area contributed by atoms with Crippen LogP contribution in [0.3, 0.4) is 0 Å². The van der Waals surface area contributed by atoms with Crippen molar-refractivity contribution in [1.82, 2.24) is 4.72 Å². The minimum atomic E-state index is -3.98. The van der Waals surface area contributed by atoms with Crippen LogP contribution in [0.1, 0.15) is 20.3 Å². The summed E-state index contributed by atoms with van der Waals surface area (Å²) in [4.78, 5) is 10.6. The van der Waals surface area contributed by atoms with E-state index in [0.717, 1.165) is 6.08 Å². The molecule has 0 saturated heterocycles. The quantitative estimate of drug-likeness (QED) is 0.660. The van der Waals surface area contributed by atoms with Gasteiger partial charge in [-0.1, -0.05) is 13.5 Å². The van der Waals surface area contributed by atoms with Gasteiger partial charge in [-0.05, 0) is 19.4 Å². The second-order valence-electron chi connectivity index (χ2n) is 2.44. The second kappa shape index (κ2) is 4.98. The van der Waals surface area contributed by atoms with Gasteiger partial charge in [0.25, 0.3) is 5.91 Å². The van der Waals surface area contributed by atoms with Crippen LogP contribution in [0.15, 0.2) is 12.7 Å². The molecule has 0 radical (unpaired) electrons. The van der Waals surface area contributed by atoms with Gasteiger partial charge in [-0.3, -0.25) is 8.98 Å². The highest BCUT2D eigenvalue weighted by atomic mass is 32.2. The Bertz CT molecular complexity index is 283. The number of hydrogen-bond donors (Lipinski definition) is 1. The van der Waals surface area contributed by atoms with Crippen LogP contribution in [0.5, 0.6) is 0 Å². The monoisotopic (exact) mass is 207 g/mol. The standard InChI is InChI=1S/C7H13NO4S/c1-4-6(3)12-13(10,11)8-7(9)5-2/h5-6H,2,4H2,1,3H3,(H,8,9). The normalized spacial score (nSPS) is 13.4. The molecule has 76 valence electrons. The summed E-state index contributed by atoms with van der Waals surface area (Å²) >= 11 is 0.